The summed E-state index contributed by atoms with van der Waals surface area (Å²) >= 11 is 0. The maximum atomic E-state index is 2.39. The van der Waals surface area contributed by atoms with Crippen LogP contribution in [0.2, 0.25) is 0 Å². The van der Waals surface area contributed by atoms with E-state index in [1.54, 1.807) is 0 Å². The van der Waals surface area contributed by atoms with E-state index in [4.69, 9.17) is 0 Å². The minimum absolute atomic E-state index is 1.05. The van der Waals surface area contributed by atoms with Gasteiger partial charge in [-0.25, -0.2) is 0 Å². The molecule has 1 rings (SSSR count). The molecule has 2 nitrogen and oxygen atoms in total. The van der Waals surface area contributed by atoms with Crippen molar-refractivity contribution in [3.05, 3.63) is 35.4 Å². The van der Waals surface area contributed by atoms with Crippen molar-refractivity contribution in [1.29, 1.82) is 0 Å². The highest BCUT2D eigenvalue weighted by Gasteiger charge is 2.00. The van der Waals surface area contributed by atoms with Crippen molar-refractivity contribution in [3.63, 3.8) is 0 Å². The average molecular weight is 220 g/mol. The van der Waals surface area contributed by atoms with Gasteiger partial charge in [0.1, 0.15) is 0 Å². The van der Waals surface area contributed by atoms with E-state index in [9.17, 15) is 0 Å². The van der Waals surface area contributed by atoms with Crippen LogP contribution in [0.4, 0.5) is 0 Å². The van der Waals surface area contributed by atoms with Crippen molar-refractivity contribution in [2.24, 2.45) is 0 Å². The normalized spacial score (nSPS) is 11.4. The van der Waals surface area contributed by atoms with Crippen LogP contribution in [0, 0.1) is 6.92 Å². The second kappa shape index (κ2) is 6.66. The van der Waals surface area contributed by atoms with Crippen molar-refractivity contribution < 1.29 is 0 Å². The van der Waals surface area contributed by atoms with Gasteiger partial charge in [-0.1, -0.05) is 29.8 Å². The summed E-state index contributed by atoms with van der Waals surface area (Å²) in [7, 11) is 6.44. The van der Waals surface area contributed by atoms with Gasteiger partial charge in [-0.2, -0.15) is 0 Å². The zero-order chi connectivity index (χ0) is 12.0. The fourth-order valence-corrected chi connectivity index (χ4v) is 1.86. The molecule has 0 radical (unpaired) electrons. The zero-order valence-corrected chi connectivity index (χ0v) is 11.0. The molecule has 90 valence electrons. The highest BCUT2D eigenvalue weighted by atomic mass is 15.1. The molecule has 0 spiro atoms. The number of benzene rings is 1. The van der Waals surface area contributed by atoms with E-state index >= 15 is 0 Å². The molecule has 0 saturated heterocycles. The SMILES string of the molecule is Cc1cccc(CN(C)CCCN(C)C)c1. The van der Waals surface area contributed by atoms with Crippen LogP contribution in [0.5, 0.6) is 0 Å². The van der Waals surface area contributed by atoms with Crippen molar-refractivity contribution in [2.45, 2.75) is 19.9 Å². The predicted octanol–water partition coefficient (Wildman–Crippen LogP) is 2.38. The minimum atomic E-state index is 1.05. The summed E-state index contributed by atoms with van der Waals surface area (Å²) in [5, 5.41) is 0. The zero-order valence-electron chi connectivity index (χ0n) is 11.0. The van der Waals surface area contributed by atoms with E-state index in [-0.39, 0.29) is 0 Å². The molecule has 0 saturated carbocycles. The smallest absolute Gasteiger partial charge is 0.0230 e. The van der Waals surface area contributed by atoms with E-state index in [1.807, 2.05) is 0 Å². The van der Waals surface area contributed by atoms with Crippen LogP contribution in [-0.4, -0.2) is 44.0 Å². The summed E-state index contributed by atoms with van der Waals surface area (Å²) in [5.74, 6) is 0. The molecule has 0 N–H and O–H groups in total. The summed E-state index contributed by atoms with van der Waals surface area (Å²) in [6, 6.07) is 8.76. The molecule has 0 unspecified atom stereocenters. The minimum Gasteiger partial charge on any atom is -0.309 e. The Bertz CT molecular complexity index is 307. The Labute approximate surface area is 99.9 Å². The fourth-order valence-electron chi connectivity index (χ4n) is 1.86. The molecule has 1 aromatic carbocycles. The number of aryl methyl sites for hydroxylation is 1. The summed E-state index contributed by atoms with van der Waals surface area (Å²) in [4.78, 5) is 4.62. The van der Waals surface area contributed by atoms with Gasteiger partial charge in [-0.3, -0.25) is 0 Å². The van der Waals surface area contributed by atoms with Gasteiger partial charge < -0.3 is 9.80 Å². The molecule has 0 amide bonds. The molecule has 16 heavy (non-hydrogen) atoms. The number of nitrogens with zero attached hydrogens (tertiary/aromatic N) is 2. The lowest BCUT2D eigenvalue weighted by atomic mass is 10.1. The Morgan fingerprint density at radius 1 is 1.06 bits per heavy atom. The highest BCUT2D eigenvalue weighted by Crippen LogP contribution is 2.06. The molecule has 0 atom stereocenters. The van der Waals surface area contributed by atoms with Gasteiger partial charge in [0.15, 0.2) is 0 Å². The van der Waals surface area contributed by atoms with E-state index in [1.165, 1.54) is 17.5 Å². The Kier molecular flexibility index (Phi) is 5.50. The van der Waals surface area contributed by atoms with E-state index in [2.05, 4.69) is 62.1 Å². The summed E-state index contributed by atoms with van der Waals surface area (Å²) < 4.78 is 0. The van der Waals surface area contributed by atoms with Gasteiger partial charge in [0, 0.05) is 6.54 Å². The van der Waals surface area contributed by atoms with Crippen LogP contribution < -0.4 is 0 Å². The molecule has 0 heterocycles. The van der Waals surface area contributed by atoms with Gasteiger partial charge in [-0.05, 0) is 53.1 Å². The van der Waals surface area contributed by atoms with E-state index in [0.717, 1.165) is 19.6 Å². The molecule has 0 bridgehead atoms. The topological polar surface area (TPSA) is 6.48 Å². The van der Waals surface area contributed by atoms with E-state index in [0.29, 0.717) is 0 Å². The standard InChI is InChI=1S/C14H24N2/c1-13-7-5-8-14(11-13)12-16(4)10-6-9-15(2)3/h5,7-8,11H,6,9-10,12H2,1-4H3. The van der Waals surface area contributed by atoms with Gasteiger partial charge in [0.25, 0.3) is 0 Å². The molecular weight excluding hydrogens is 196 g/mol. The maximum absolute atomic E-state index is 2.39. The fraction of sp³-hybridized carbons (Fsp3) is 0.571. The lowest BCUT2D eigenvalue weighted by molar-refractivity contribution is 0.294. The summed E-state index contributed by atoms with van der Waals surface area (Å²) in [6.45, 7) is 5.52. The van der Waals surface area contributed by atoms with Crippen LogP contribution in [0.3, 0.4) is 0 Å². The van der Waals surface area contributed by atoms with Crippen molar-refractivity contribution in [3.8, 4) is 0 Å². The molecular formula is C14H24N2. The first-order valence-corrected chi connectivity index (χ1v) is 5.97. The van der Waals surface area contributed by atoms with Crippen LogP contribution in [0.25, 0.3) is 0 Å². The summed E-state index contributed by atoms with van der Waals surface area (Å²) in [5.41, 5.74) is 2.76. The van der Waals surface area contributed by atoms with Crippen LogP contribution in [0.15, 0.2) is 24.3 Å². The van der Waals surface area contributed by atoms with Gasteiger partial charge in [0.2, 0.25) is 0 Å². The van der Waals surface area contributed by atoms with Crippen LogP contribution in [-0.2, 0) is 6.54 Å². The quantitative estimate of drug-likeness (QED) is 0.726. The van der Waals surface area contributed by atoms with Gasteiger partial charge >= 0.3 is 0 Å². The number of hydrogen-bond acceptors (Lipinski definition) is 2. The van der Waals surface area contributed by atoms with Crippen molar-refractivity contribution in [2.75, 3.05) is 34.2 Å². The van der Waals surface area contributed by atoms with Gasteiger partial charge in [-0.15, -0.1) is 0 Å². The second-order valence-electron chi connectivity index (χ2n) is 4.88. The highest BCUT2D eigenvalue weighted by molar-refractivity contribution is 5.21. The first-order chi connectivity index (χ1) is 7.58. The van der Waals surface area contributed by atoms with Crippen LogP contribution in [0.1, 0.15) is 17.5 Å². The lowest BCUT2D eigenvalue weighted by Crippen LogP contribution is -2.23. The maximum Gasteiger partial charge on any atom is 0.0230 e. The summed E-state index contributed by atoms with van der Waals surface area (Å²) in [6.07, 6.45) is 1.23. The predicted molar refractivity (Wildman–Crippen MR) is 70.7 cm³/mol. The molecule has 0 aliphatic carbocycles. The second-order valence-corrected chi connectivity index (χ2v) is 4.88. The monoisotopic (exact) mass is 220 g/mol. The molecule has 0 aromatic heterocycles. The number of hydrogen-bond donors (Lipinski definition) is 0. The average Bonchev–Trinajstić information content (AvgIpc) is 2.16. The van der Waals surface area contributed by atoms with Crippen molar-refractivity contribution in [1.82, 2.24) is 9.80 Å². The molecule has 0 aliphatic heterocycles. The Morgan fingerprint density at radius 2 is 1.81 bits per heavy atom. The Hall–Kier alpha value is -0.860. The molecule has 1 aromatic rings. The van der Waals surface area contributed by atoms with Crippen molar-refractivity contribution >= 4 is 0 Å². The first-order valence-electron chi connectivity index (χ1n) is 5.97. The molecule has 0 aliphatic rings. The largest absolute Gasteiger partial charge is 0.309 e. The third kappa shape index (κ3) is 5.29. The molecule has 2 heteroatoms. The third-order valence-electron chi connectivity index (χ3n) is 2.68. The lowest BCUT2D eigenvalue weighted by Gasteiger charge is -2.18. The number of rotatable bonds is 6. The first kappa shape index (κ1) is 13.2. The van der Waals surface area contributed by atoms with Crippen LogP contribution >= 0.6 is 0 Å². The Morgan fingerprint density at radius 3 is 2.44 bits per heavy atom. The molecule has 0 fully saturated rings. The van der Waals surface area contributed by atoms with E-state index < -0.39 is 0 Å². The van der Waals surface area contributed by atoms with Gasteiger partial charge in [0.05, 0.1) is 0 Å². The Balaban J connectivity index is 2.31. The third-order valence-corrected chi connectivity index (χ3v) is 2.68.